The van der Waals surface area contributed by atoms with Gasteiger partial charge in [0.05, 0.1) is 18.5 Å². The van der Waals surface area contributed by atoms with Gasteiger partial charge in [0, 0.05) is 0 Å². The molecule has 0 spiro atoms. The second-order valence-corrected chi connectivity index (χ2v) is 5.30. The number of aliphatic hydroxyl groups excluding tert-OH is 2. The van der Waals surface area contributed by atoms with Gasteiger partial charge in [0.1, 0.15) is 12.2 Å². The summed E-state index contributed by atoms with van der Waals surface area (Å²) >= 11 is 0. The minimum absolute atomic E-state index is 0.0646. The van der Waals surface area contributed by atoms with Crippen LogP contribution in [0, 0.1) is 0 Å². The molecule has 21 heavy (non-hydrogen) atoms. The van der Waals surface area contributed by atoms with Crippen molar-refractivity contribution < 1.29 is 14.9 Å². The van der Waals surface area contributed by atoms with E-state index in [1.807, 2.05) is 0 Å². The number of hydrogen-bond donors (Lipinski definition) is 5. The molecule has 0 aromatic carbocycles. The standard InChI is InChI=1S/C11H16N6O4/c1-11(13)6(19)4(2-18)21-9(11)17-3-14-5-7(17)15-10(12)16-8(5)20/h3-4,6,9,18-19H,2,13H2,1H3,(H3,12,15,16,20)/t4-,6-,9-,11-/m1/s1. The number of aromatic amines is 1. The molecule has 0 unspecified atom stereocenters. The molecule has 0 aliphatic carbocycles. The van der Waals surface area contributed by atoms with Gasteiger partial charge in [-0.05, 0) is 6.92 Å². The zero-order chi connectivity index (χ0) is 15.4. The van der Waals surface area contributed by atoms with Crippen molar-refractivity contribution in [2.75, 3.05) is 12.3 Å². The van der Waals surface area contributed by atoms with Crippen molar-refractivity contribution >= 4 is 17.1 Å². The van der Waals surface area contributed by atoms with Crippen molar-refractivity contribution in [2.24, 2.45) is 5.73 Å². The van der Waals surface area contributed by atoms with Crippen LogP contribution in [0.5, 0.6) is 0 Å². The summed E-state index contributed by atoms with van der Waals surface area (Å²) < 4.78 is 7.01. The number of fused-ring (bicyclic) bond motifs is 1. The molecule has 7 N–H and O–H groups in total. The average Bonchev–Trinajstić information content (AvgIpc) is 2.91. The quantitative estimate of drug-likeness (QED) is 0.411. The maximum absolute atomic E-state index is 11.8. The summed E-state index contributed by atoms with van der Waals surface area (Å²) in [7, 11) is 0. The van der Waals surface area contributed by atoms with E-state index in [9.17, 15) is 15.0 Å². The van der Waals surface area contributed by atoms with Gasteiger partial charge < -0.3 is 26.4 Å². The van der Waals surface area contributed by atoms with Crippen LogP contribution in [0.1, 0.15) is 13.2 Å². The number of hydrogen-bond acceptors (Lipinski definition) is 8. The Bertz CT molecular complexity index is 738. The molecule has 3 heterocycles. The Labute approximate surface area is 118 Å². The van der Waals surface area contributed by atoms with E-state index in [4.69, 9.17) is 16.2 Å². The fourth-order valence-corrected chi connectivity index (χ4v) is 2.56. The van der Waals surface area contributed by atoms with Crippen molar-refractivity contribution in [3.63, 3.8) is 0 Å². The number of aliphatic hydroxyl groups is 2. The highest BCUT2D eigenvalue weighted by Crippen LogP contribution is 2.37. The summed E-state index contributed by atoms with van der Waals surface area (Å²) in [5.41, 5.74) is 10.3. The molecule has 114 valence electrons. The van der Waals surface area contributed by atoms with Crippen LogP contribution in [0.4, 0.5) is 5.95 Å². The predicted molar refractivity (Wildman–Crippen MR) is 72.2 cm³/mol. The second-order valence-electron chi connectivity index (χ2n) is 5.30. The van der Waals surface area contributed by atoms with E-state index in [0.29, 0.717) is 0 Å². The summed E-state index contributed by atoms with van der Waals surface area (Å²) in [6.07, 6.45) is -1.41. The van der Waals surface area contributed by atoms with Gasteiger partial charge in [-0.3, -0.25) is 14.3 Å². The van der Waals surface area contributed by atoms with Gasteiger partial charge in [0.2, 0.25) is 5.95 Å². The van der Waals surface area contributed by atoms with Crippen molar-refractivity contribution in [3.8, 4) is 0 Å². The van der Waals surface area contributed by atoms with Gasteiger partial charge in [-0.1, -0.05) is 0 Å². The highest BCUT2D eigenvalue weighted by Gasteiger charge is 2.51. The fourth-order valence-electron chi connectivity index (χ4n) is 2.56. The number of H-pyrrole nitrogens is 1. The molecule has 0 radical (unpaired) electrons. The van der Waals surface area contributed by atoms with Gasteiger partial charge in [-0.2, -0.15) is 4.98 Å². The van der Waals surface area contributed by atoms with E-state index in [-0.39, 0.29) is 23.7 Å². The molecule has 2 aromatic rings. The molecule has 1 aliphatic heterocycles. The normalized spacial score (nSPS) is 32.9. The largest absolute Gasteiger partial charge is 0.394 e. The van der Waals surface area contributed by atoms with E-state index < -0.39 is 29.5 Å². The SMILES string of the molecule is C[C@@]1(N)[C@H](O)[C@@H](CO)O[C@H]1n1cnc2c(=O)[nH]c(N)nc21. The molecular weight excluding hydrogens is 280 g/mol. The molecular formula is C11H16N6O4. The van der Waals surface area contributed by atoms with E-state index in [2.05, 4.69) is 15.0 Å². The van der Waals surface area contributed by atoms with Crippen LogP contribution < -0.4 is 17.0 Å². The van der Waals surface area contributed by atoms with Gasteiger partial charge in [0.15, 0.2) is 17.4 Å². The minimum atomic E-state index is -1.19. The third-order valence-corrected chi connectivity index (χ3v) is 3.71. The third kappa shape index (κ3) is 1.92. The Morgan fingerprint density at radius 2 is 2.33 bits per heavy atom. The Morgan fingerprint density at radius 3 is 2.95 bits per heavy atom. The molecule has 3 rings (SSSR count). The maximum Gasteiger partial charge on any atom is 0.280 e. The monoisotopic (exact) mass is 296 g/mol. The molecule has 0 bridgehead atoms. The lowest BCUT2D eigenvalue weighted by Crippen LogP contribution is -2.52. The zero-order valence-electron chi connectivity index (χ0n) is 11.2. The number of imidazole rings is 1. The van der Waals surface area contributed by atoms with Crippen molar-refractivity contribution in [3.05, 3.63) is 16.7 Å². The van der Waals surface area contributed by atoms with Gasteiger partial charge >= 0.3 is 0 Å². The number of nitrogens with zero attached hydrogens (tertiary/aromatic N) is 3. The van der Waals surface area contributed by atoms with Crippen LogP contribution in [0.25, 0.3) is 11.2 Å². The highest BCUT2D eigenvalue weighted by molar-refractivity contribution is 5.70. The van der Waals surface area contributed by atoms with Crippen LogP contribution in [0.15, 0.2) is 11.1 Å². The van der Waals surface area contributed by atoms with Crippen LogP contribution in [-0.4, -0.2) is 54.1 Å². The maximum atomic E-state index is 11.8. The molecule has 1 fully saturated rings. The van der Waals surface area contributed by atoms with Crippen LogP contribution >= 0.6 is 0 Å². The lowest BCUT2D eigenvalue weighted by molar-refractivity contribution is -0.0455. The second kappa shape index (κ2) is 4.49. The summed E-state index contributed by atoms with van der Waals surface area (Å²) in [4.78, 5) is 22.1. The minimum Gasteiger partial charge on any atom is -0.394 e. The van der Waals surface area contributed by atoms with E-state index in [0.717, 1.165) is 0 Å². The molecule has 10 heteroatoms. The molecule has 10 nitrogen and oxygen atoms in total. The first-order valence-corrected chi connectivity index (χ1v) is 6.32. The summed E-state index contributed by atoms with van der Waals surface area (Å²) in [6, 6.07) is 0. The zero-order valence-corrected chi connectivity index (χ0v) is 11.2. The number of nitrogens with two attached hydrogens (primary N) is 2. The van der Waals surface area contributed by atoms with Crippen molar-refractivity contribution in [2.45, 2.75) is 30.9 Å². The molecule has 1 saturated heterocycles. The molecule has 2 aromatic heterocycles. The molecule has 0 amide bonds. The number of rotatable bonds is 2. The van der Waals surface area contributed by atoms with E-state index in [1.54, 1.807) is 6.92 Å². The Kier molecular flexibility index (Phi) is 2.99. The van der Waals surface area contributed by atoms with Crippen molar-refractivity contribution in [1.29, 1.82) is 0 Å². The van der Waals surface area contributed by atoms with Gasteiger partial charge in [-0.25, -0.2) is 4.98 Å². The fraction of sp³-hybridized carbons (Fsp3) is 0.545. The third-order valence-electron chi connectivity index (χ3n) is 3.71. The predicted octanol–water partition coefficient (Wildman–Crippen LogP) is -2.33. The summed E-state index contributed by atoms with van der Waals surface area (Å²) in [5, 5.41) is 19.3. The molecule has 0 saturated carbocycles. The van der Waals surface area contributed by atoms with Gasteiger partial charge in [-0.15, -0.1) is 0 Å². The van der Waals surface area contributed by atoms with Crippen LogP contribution in [0.3, 0.4) is 0 Å². The summed E-state index contributed by atoms with van der Waals surface area (Å²) in [6.45, 7) is 1.20. The Morgan fingerprint density at radius 1 is 1.62 bits per heavy atom. The Hall–Kier alpha value is -2.01. The molecule has 4 atom stereocenters. The van der Waals surface area contributed by atoms with Crippen LogP contribution in [-0.2, 0) is 4.74 Å². The van der Waals surface area contributed by atoms with E-state index >= 15 is 0 Å². The van der Waals surface area contributed by atoms with E-state index in [1.165, 1.54) is 10.9 Å². The first kappa shape index (κ1) is 13.9. The van der Waals surface area contributed by atoms with Crippen molar-refractivity contribution in [1.82, 2.24) is 19.5 Å². The smallest absolute Gasteiger partial charge is 0.280 e. The number of nitrogens with one attached hydrogen (secondary N) is 1. The Balaban J connectivity index is 2.15. The average molecular weight is 296 g/mol. The topological polar surface area (TPSA) is 165 Å². The number of ether oxygens (including phenoxy) is 1. The lowest BCUT2D eigenvalue weighted by atomic mass is 9.93. The van der Waals surface area contributed by atoms with Gasteiger partial charge in [0.25, 0.3) is 5.56 Å². The summed E-state index contributed by atoms with van der Waals surface area (Å²) in [5.74, 6) is -0.0646. The number of nitrogen functional groups attached to an aromatic ring is 1. The number of aromatic nitrogens is 4. The lowest BCUT2D eigenvalue weighted by Gasteiger charge is -2.28. The first-order valence-electron chi connectivity index (χ1n) is 6.32. The van der Waals surface area contributed by atoms with Crippen LogP contribution in [0.2, 0.25) is 0 Å². The first-order chi connectivity index (χ1) is 9.86. The molecule has 1 aliphatic rings. The number of anilines is 1. The highest BCUT2D eigenvalue weighted by atomic mass is 16.5.